The van der Waals surface area contributed by atoms with Crippen LogP contribution in [-0.2, 0) is 9.53 Å². The highest BCUT2D eigenvalue weighted by Crippen LogP contribution is 2.38. The second-order valence-electron chi connectivity index (χ2n) is 5.06. The molecule has 0 aliphatic heterocycles. The molecule has 0 bridgehead atoms. The summed E-state index contributed by atoms with van der Waals surface area (Å²) in [6.07, 6.45) is 7.27. The van der Waals surface area contributed by atoms with Crippen molar-refractivity contribution in [1.29, 1.82) is 0 Å². The van der Waals surface area contributed by atoms with Crippen molar-refractivity contribution >= 4 is 17.5 Å². The fourth-order valence-corrected chi connectivity index (χ4v) is 3.48. The normalized spacial score (nSPS) is 23.9. The van der Waals surface area contributed by atoms with E-state index in [4.69, 9.17) is 4.74 Å². The molecule has 3 nitrogen and oxygen atoms in total. The second-order valence-corrected chi connectivity index (χ2v) is 6.07. The van der Waals surface area contributed by atoms with Crippen LogP contribution < -0.4 is 0 Å². The van der Waals surface area contributed by atoms with Crippen molar-refractivity contribution in [3.8, 4) is 0 Å². The van der Waals surface area contributed by atoms with Gasteiger partial charge < -0.3 is 4.74 Å². The summed E-state index contributed by atoms with van der Waals surface area (Å²) in [6, 6.07) is 0. The molecular formula is C14H21NO2S. The summed E-state index contributed by atoms with van der Waals surface area (Å²) >= 11 is 1.59. The molecule has 0 aromatic carbocycles. The molecule has 1 heterocycles. The Morgan fingerprint density at radius 1 is 1.44 bits per heavy atom. The topological polar surface area (TPSA) is 39.2 Å². The maximum atomic E-state index is 11.4. The fraction of sp³-hybridized carbons (Fsp3) is 0.714. The molecule has 0 atom stereocenters. The standard InChI is InChI=1S/C14H21NO2S/c1-3-17-14(16)8-11-4-6-12(7-5-11)13-9-15-18-10(13)2/h9,11-12H,3-8H2,1-2H3. The van der Waals surface area contributed by atoms with Gasteiger partial charge in [0.05, 0.1) is 6.61 Å². The summed E-state index contributed by atoms with van der Waals surface area (Å²) in [5.74, 6) is 1.14. The van der Waals surface area contributed by atoms with E-state index >= 15 is 0 Å². The van der Waals surface area contributed by atoms with Crippen LogP contribution in [-0.4, -0.2) is 16.9 Å². The number of carbonyl (C=O) groups excluding carboxylic acids is 1. The molecule has 0 radical (unpaired) electrons. The third-order valence-electron chi connectivity index (χ3n) is 3.84. The molecular weight excluding hydrogens is 246 g/mol. The number of hydrogen-bond donors (Lipinski definition) is 0. The summed E-state index contributed by atoms with van der Waals surface area (Å²) in [5, 5.41) is 0. The highest BCUT2D eigenvalue weighted by Gasteiger charge is 2.25. The number of nitrogens with zero attached hydrogens (tertiary/aromatic N) is 1. The Labute approximate surface area is 113 Å². The minimum atomic E-state index is -0.0330. The summed E-state index contributed by atoms with van der Waals surface area (Å²) in [6.45, 7) is 4.51. The van der Waals surface area contributed by atoms with Crippen molar-refractivity contribution in [1.82, 2.24) is 4.37 Å². The van der Waals surface area contributed by atoms with E-state index in [-0.39, 0.29) is 5.97 Å². The number of carbonyl (C=O) groups is 1. The summed E-state index contributed by atoms with van der Waals surface area (Å²) in [5.41, 5.74) is 1.43. The Kier molecular flexibility index (Phi) is 4.75. The summed E-state index contributed by atoms with van der Waals surface area (Å²) < 4.78 is 9.27. The van der Waals surface area contributed by atoms with Gasteiger partial charge in [0.2, 0.25) is 0 Å². The van der Waals surface area contributed by atoms with Crippen molar-refractivity contribution < 1.29 is 9.53 Å². The molecule has 1 aliphatic rings. The maximum absolute atomic E-state index is 11.4. The Morgan fingerprint density at radius 2 is 2.17 bits per heavy atom. The van der Waals surface area contributed by atoms with Crippen molar-refractivity contribution in [3.05, 3.63) is 16.6 Å². The maximum Gasteiger partial charge on any atom is 0.306 e. The van der Waals surface area contributed by atoms with E-state index in [1.807, 2.05) is 13.1 Å². The molecule has 0 spiro atoms. The Balaban J connectivity index is 1.81. The Hall–Kier alpha value is -0.900. The van der Waals surface area contributed by atoms with E-state index in [0.29, 0.717) is 24.9 Å². The van der Waals surface area contributed by atoms with Crippen LogP contribution in [0.2, 0.25) is 0 Å². The first-order valence-corrected chi connectivity index (χ1v) is 7.54. The highest BCUT2D eigenvalue weighted by atomic mass is 32.1. The largest absolute Gasteiger partial charge is 0.466 e. The zero-order valence-corrected chi connectivity index (χ0v) is 12.0. The van der Waals surface area contributed by atoms with Gasteiger partial charge in [0.25, 0.3) is 0 Å². The van der Waals surface area contributed by atoms with Crippen LogP contribution in [0.3, 0.4) is 0 Å². The third kappa shape index (κ3) is 3.31. The van der Waals surface area contributed by atoms with E-state index in [1.165, 1.54) is 23.3 Å². The van der Waals surface area contributed by atoms with E-state index in [2.05, 4.69) is 11.3 Å². The van der Waals surface area contributed by atoms with Gasteiger partial charge in [-0.3, -0.25) is 4.79 Å². The molecule has 0 amide bonds. The van der Waals surface area contributed by atoms with Gasteiger partial charge in [-0.15, -0.1) is 0 Å². The second kappa shape index (κ2) is 6.32. The lowest BCUT2D eigenvalue weighted by atomic mass is 9.78. The average Bonchev–Trinajstić information content (AvgIpc) is 2.77. The van der Waals surface area contributed by atoms with E-state index < -0.39 is 0 Å². The molecule has 0 unspecified atom stereocenters. The highest BCUT2D eigenvalue weighted by molar-refractivity contribution is 7.05. The van der Waals surface area contributed by atoms with Gasteiger partial charge in [-0.25, -0.2) is 4.37 Å². The number of aryl methyl sites for hydroxylation is 1. The molecule has 0 saturated heterocycles. The summed E-state index contributed by atoms with van der Waals surface area (Å²) in [7, 11) is 0. The molecule has 4 heteroatoms. The van der Waals surface area contributed by atoms with Crippen molar-refractivity contribution in [2.75, 3.05) is 6.61 Å². The van der Waals surface area contributed by atoms with E-state index in [9.17, 15) is 4.79 Å². The number of ether oxygens (including phenoxy) is 1. The lowest BCUT2D eigenvalue weighted by molar-refractivity contribution is -0.144. The number of esters is 1. The molecule has 1 fully saturated rings. The van der Waals surface area contributed by atoms with Crippen LogP contribution in [0.25, 0.3) is 0 Å². The van der Waals surface area contributed by atoms with Crippen molar-refractivity contribution in [3.63, 3.8) is 0 Å². The first kappa shape index (κ1) is 13.5. The number of hydrogen-bond acceptors (Lipinski definition) is 4. The molecule has 1 aromatic rings. The van der Waals surface area contributed by atoms with Crippen LogP contribution in [0.15, 0.2) is 6.20 Å². The quantitative estimate of drug-likeness (QED) is 0.781. The summed E-state index contributed by atoms with van der Waals surface area (Å²) in [4.78, 5) is 12.8. The van der Waals surface area contributed by atoms with Gasteiger partial charge in [0.1, 0.15) is 0 Å². The van der Waals surface area contributed by atoms with Gasteiger partial charge in [-0.2, -0.15) is 0 Å². The van der Waals surface area contributed by atoms with E-state index in [1.54, 1.807) is 11.5 Å². The molecule has 0 N–H and O–H groups in total. The number of rotatable bonds is 4. The molecule has 100 valence electrons. The minimum absolute atomic E-state index is 0.0330. The third-order valence-corrected chi connectivity index (χ3v) is 4.56. The van der Waals surface area contributed by atoms with Crippen LogP contribution in [0.1, 0.15) is 55.4 Å². The smallest absolute Gasteiger partial charge is 0.306 e. The van der Waals surface area contributed by atoms with Crippen molar-refractivity contribution in [2.24, 2.45) is 5.92 Å². The van der Waals surface area contributed by atoms with Crippen LogP contribution >= 0.6 is 11.5 Å². The first-order valence-electron chi connectivity index (χ1n) is 6.77. The first-order chi connectivity index (χ1) is 8.70. The molecule has 1 aromatic heterocycles. The van der Waals surface area contributed by atoms with Gasteiger partial charge in [0.15, 0.2) is 0 Å². The van der Waals surface area contributed by atoms with Gasteiger partial charge in [-0.05, 0) is 68.5 Å². The zero-order chi connectivity index (χ0) is 13.0. The SMILES string of the molecule is CCOC(=O)CC1CCC(c2cnsc2C)CC1. The van der Waals surface area contributed by atoms with Crippen LogP contribution in [0.4, 0.5) is 0 Å². The molecule has 1 aliphatic carbocycles. The lowest BCUT2D eigenvalue weighted by Gasteiger charge is -2.27. The lowest BCUT2D eigenvalue weighted by Crippen LogP contribution is -2.18. The van der Waals surface area contributed by atoms with Gasteiger partial charge in [0, 0.05) is 17.5 Å². The average molecular weight is 267 g/mol. The van der Waals surface area contributed by atoms with Crippen LogP contribution in [0, 0.1) is 12.8 Å². The predicted molar refractivity (Wildman–Crippen MR) is 72.8 cm³/mol. The number of aromatic nitrogens is 1. The minimum Gasteiger partial charge on any atom is -0.466 e. The molecule has 1 saturated carbocycles. The van der Waals surface area contributed by atoms with Gasteiger partial charge >= 0.3 is 5.97 Å². The van der Waals surface area contributed by atoms with Gasteiger partial charge in [-0.1, -0.05) is 0 Å². The molecule has 2 rings (SSSR count). The Morgan fingerprint density at radius 3 is 2.72 bits per heavy atom. The zero-order valence-electron chi connectivity index (χ0n) is 11.1. The fourth-order valence-electron chi connectivity index (χ4n) is 2.83. The van der Waals surface area contributed by atoms with Crippen molar-refractivity contribution in [2.45, 2.75) is 51.9 Å². The monoisotopic (exact) mass is 267 g/mol. The Bertz CT molecular complexity index is 394. The van der Waals surface area contributed by atoms with E-state index in [0.717, 1.165) is 12.8 Å². The predicted octanol–water partition coefficient (Wildman–Crippen LogP) is 3.68. The van der Waals surface area contributed by atoms with Crippen LogP contribution in [0.5, 0.6) is 0 Å². The molecule has 18 heavy (non-hydrogen) atoms.